The van der Waals surface area contributed by atoms with Gasteiger partial charge in [0, 0.05) is 40.6 Å². The number of nitrogens with one attached hydrogen (secondary N) is 1. The van der Waals surface area contributed by atoms with Crippen molar-refractivity contribution in [3.63, 3.8) is 0 Å². The molecule has 3 rings (SSSR count). The number of hydrogen-bond acceptors (Lipinski definition) is 3. The summed E-state index contributed by atoms with van der Waals surface area (Å²) in [5, 5.41) is 5.86. The third-order valence-electron chi connectivity index (χ3n) is 4.27. The van der Waals surface area contributed by atoms with E-state index in [0.29, 0.717) is 6.04 Å². The van der Waals surface area contributed by atoms with Crippen LogP contribution in [-0.4, -0.2) is 23.5 Å². The molecule has 0 bridgehead atoms. The molecule has 21 heavy (non-hydrogen) atoms. The Balaban J connectivity index is 1.78. The van der Waals surface area contributed by atoms with Gasteiger partial charge in [-0.25, -0.2) is 0 Å². The van der Waals surface area contributed by atoms with E-state index >= 15 is 0 Å². The number of benzene rings is 1. The smallest absolute Gasteiger partial charge is 0.0450 e. The first-order valence-corrected chi connectivity index (χ1v) is 8.99. The van der Waals surface area contributed by atoms with Gasteiger partial charge in [0.2, 0.25) is 0 Å². The van der Waals surface area contributed by atoms with Crippen molar-refractivity contribution in [1.82, 2.24) is 10.2 Å². The molecule has 1 saturated heterocycles. The Morgan fingerprint density at radius 3 is 2.71 bits per heavy atom. The molecule has 1 atom stereocenters. The summed E-state index contributed by atoms with van der Waals surface area (Å²) in [6, 6.07) is 13.3. The van der Waals surface area contributed by atoms with Gasteiger partial charge >= 0.3 is 0 Å². The average molecular weight is 365 g/mol. The van der Waals surface area contributed by atoms with Crippen LogP contribution in [0.3, 0.4) is 0 Å². The standard InChI is InChI=1S/C17H21BrN2S/c1-17(2)12-19-15(13-6-4-3-5-7-13)10-20(17)11-16-14(18)8-9-21-16/h3-9,15,19H,10-12H2,1-2H3. The summed E-state index contributed by atoms with van der Waals surface area (Å²) in [6.45, 7) is 7.71. The average Bonchev–Trinajstić information content (AvgIpc) is 2.87. The molecule has 0 saturated carbocycles. The van der Waals surface area contributed by atoms with Crippen LogP contribution in [-0.2, 0) is 6.54 Å². The fourth-order valence-corrected chi connectivity index (χ4v) is 4.31. The zero-order valence-corrected chi connectivity index (χ0v) is 14.9. The monoisotopic (exact) mass is 364 g/mol. The van der Waals surface area contributed by atoms with Crippen LogP contribution < -0.4 is 5.32 Å². The van der Waals surface area contributed by atoms with Crippen LogP contribution in [0.2, 0.25) is 0 Å². The Labute approximate surface area is 139 Å². The molecule has 0 aliphatic carbocycles. The summed E-state index contributed by atoms with van der Waals surface area (Å²) in [5.74, 6) is 0. The second-order valence-corrected chi connectivity index (χ2v) is 8.08. The lowest BCUT2D eigenvalue weighted by molar-refractivity contribution is 0.0591. The molecule has 1 aromatic heterocycles. The van der Waals surface area contributed by atoms with Gasteiger partial charge in [-0.2, -0.15) is 0 Å². The SMILES string of the molecule is CC1(C)CNC(c2ccccc2)CN1Cc1sccc1Br. The molecule has 2 heterocycles. The fourth-order valence-electron chi connectivity index (χ4n) is 2.82. The molecular weight excluding hydrogens is 344 g/mol. The van der Waals surface area contributed by atoms with Crippen LogP contribution in [0.4, 0.5) is 0 Å². The lowest BCUT2D eigenvalue weighted by Gasteiger charge is -2.46. The maximum absolute atomic E-state index is 3.70. The molecule has 2 aromatic rings. The third-order valence-corrected chi connectivity index (χ3v) is 6.18. The lowest BCUT2D eigenvalue weighted by Crippen LogP contribution is -2.58. The summed E-state index contributed by atoms with van der Waals surface area (Å²) >= 11 is 5.49. The number of thiophene rings is 1. The van der Waals surface area contributed by atoms with Gasteiger partial charge in [0.05, 0.1) is 0 Å². The van der Waals surface area contributed by atoms with E-state index in [-0.39, 0.29) is 5.54 Å². The second-order valence-electron chi connectivity index (χ2n) is 6.23. The fraction of sp³-hybridized carbons (Fsp3) is 0.412. The van der Waals surface area contributed by atoms with Crippen molar-refractivity contribution in [2.45, 2.75) is 32.0 Å². The van der Waals surface area contributed by atoms with E-state index in [4.69, 9.17) is 0 Å². The second kappa shape index (κ2) is 6.21. The zero-order valence-electron chi connectivity index (χ0n) is 12.5. The van der Waals surface area contributed by atoms with Gasteiger partial charge in [0.1, 0.15) is 0 Å². The highest BCUT2D eigenvalue weighted by atomic mass is 79.9. The van der Waals surface area contributed by atoms with Gasteiger partial charge in [-0.1, -0.05) is 30.3 Å². The number of rotatable bonds is 3. The summed E-state index contributed by atoms with van der Waals surface area (Å²) in [5.41, 5.74) is 1.55. The number of halogens is 1. The molecule has 112 valence electrons. The third kappa shape index (κ3) is 3.39. The molecule has 1 unspecified atom stereocenters. The van der Waals surface area contributed by atoms with Crippen molar-refractivity contribution in [2.75, 3.05) is 13.1 Å². The molecule has 1 fully saturated rings. The van der Waals surface area contributed by atoms with E-state index in [9.17, 15) is 0 Å². The van der Waals surface area contributed by atoms with Crippen molar-refractivity contribution in [2.24, 2.45) is 0 Å². The predicted molar refractivity (Wildman–Crippen MR) is 93.7 cm³/mol. The van der Waals surface area contributed by atoms with E-state index in [0.717, 1.165) is 19.6 Å². The first kappa shape index (κ1) is 15.2. The van der Waals surface area contributed by atoms with Crippen LogP contribution in [0, 0.1) is 0 Å². The van der Waals surface area contributed by atoms with E-state index < -0.39 is 0 Å². The molecular formula is C17H21BrN2S. The highest BCUT2D eigenvalue weighted by Crippen LogP contribution is 2.31. The van der Waals surface area contributed by atoms with E-state index in [1.807, 2.05) is 11.3 Å². The minimum absolute atomic E-state index is 0.175. The maximum atomic E-state index is 3.70. The molecule has 0 radical (unpaired) electrons. The van der Waals surface area contributed by atoms with Crippen LogP contribution in [0.1, 0.15) is 30.3 Å². The summed E-state index contributed by atoms with van der Waals surface area (Å²) in [4.78, 5) is 4.01. The van der Waals surface area contributed by atoms with Crippen molar-refractivity contribution < 1.29 is 0 Å². The molecule has 1 aliphatic heterocycles. The van der Waals surface area contributed by atoms with E-state index in [1.165, 1.54) is 14.9 Å². The lowest BCUT2D eigenvalue weighted by atomic mass is 9.94. The van der Waals surface area contributed by atoms with Crippen LogP contribution in [0.15, 0.2) is 46.3 Å². The Morgan fingerprint density at radius 1 is 1.29 bits per heavy atom. The van der Waals surface area contributed by atoms with Crippen LogP contribution >= 0.6 is 27.3 Å². The normalized spacial score (nSPS) is 22.3. The Morgan fingerprint density at radius 2 is 2.05 bits per heavy atom. The zero-order chi connectivity index (χ0) is 14.9. The minimum Gasteiger partial charge on any atom is -0.307 e. The summed E-state index contributed by atoms with van der Waals surface area (Å²) < 4.78 is 1.23. The van der Waals surface area contributed by atoms with Crippen molar-refractivity contribution >= 4 is 27.3 Å². The summed E-state index contributed by atoms with van der Waals surface area (Å²) in [7, 11) is 0. The predicted octanol–water partition coefficient (Wildman–Crippen LogP) is 4.44. The van der Waals surface area contributed by atoms with Gasteiger partial charge in [0.15, 0.2) is 0 Å². The van der Waals surface area contributed by atoms with Crippen molar-refractivity contribution in [1.29, 1.82) is 0 Å². The Hall–Kier alpha value is -0.680. The van der Waals surface area contributed by atoms with E-state index in [1.54, 1.807) is 0 Å². The molecule has 1 aliphatic rings. The van der Waals surface area contributed by atoms with Crippen LogP contribution in [0.25, 0.3) is 0 Å². The highest BCUT2D eigenvalue weighted by Gasteiger charge is 2.34. The molecule has 2 nitrogen and oxygen atoms in total. The van der Waals surface area contributed by atoms with E-state index in [2.05, 4.69) is 81.8 Å². The Kier molecular flexibility index (Phi) is 4.50. The van der Waals surface area contributed by atoms with Gasteiger partial charge in [-0.3, -0.25) is 4.90 Å². The largest absolute Gasteiger partial charge is 0.307 e. The Bertz CT molecular complexity index is 594. The molecule has 1 aromatic carbocycles. The van der Waals surface area contributed by atoms with Crippen molar-refractivity contribution in [3.8, 4) is 0 Å². The first-order chi connectivity index (χ1) is 10.1. The first-order valence-electron chi connectivity index (χ1n) is 7.31. The number of nitrogens with zero attached hydrogens (tertiary/aromatic N) is 1. The number of hydrogen-bond donors (Lipinski definition) is 1. The molecule has 0 amide bonds. The molecule has 0 spiro atoms. The quantitative estimate of drug-likeness (QED) is 0.865. The minimum atomic E-state index is 0.175. The number of piperazine rings is 1. The summed E-state index contributed by atoms with van der Waals surface area (Å²) in [6.07, 6.45) is 0. The molecule has 4 heteroatoms. The topological polar surface area (TPSA) is 15.3 Å². The van der Waals surface area contributed by atoms with Gasteiger partial charge in [-0.15, -0.1) is 11.3 Å². The highest BCUT2D eigenvalue weighted by molar-refractivity contribution is 9.10. The molecule has 1 N–H and O–H groups in total. The van der Waals surface area contributed by atoms with Gasteiger partial charge in [0.25, 0.3) is 0 Å². The van der Waals surface area contributed by atoms with Crippen molar-refractivity contribution in [3.05, 3.63) is 56.7 Å². The van der Waals surface area contributed by atoms with Gasteiger partial charge < -0.3 is 5.32 Å². The maximum Gasteiger partial charge on any atom is 0.0450 e. The van der Waals surface area contributed by atoms with Crippen LogP contribution in [0.5, 0.6) is 0 Å². The van der Waals surface area contributed by atoms with Gasteiger partial charge in [-0.05, 0) is 46.8 Å².